The van der Waals surface area contributed by atoms with E-state index in [0.29, 0.717) is 4.99 Å². The molecule has 0 amide bonds. The minimum atomic E-state index is 0.385. The third-order valence-electron chi connectivity index (χ3n) is 2.85. The van der Waals surface area contributed by atoms with Gasteiger partial charge >= 0.3 is 0 Å². The largest absolute Gasteiger partial charge is 0.389 e. The third kappa shape index (κ3) is 3.51. The first-order valence-corrected chi connectivity index (χ1v) is 6.63. The van der Waals surface area contributed by atoms with Crippen LogP contribution in [0.3, 0.4) is 0 Å². The maximum absolute atomic E-state index is 5.67. The van der Waals surface area contributed by atoms with Crippen molar-refractivity contribution < 1.29 is 0 Å². The molecule has 1 aromatic carbocycles. The van der Waals surface area contributed by atoms with Crippen LogP contribution >= 0.6 is 12.2 Å². The maximum atomic E-state index is 5.67. The van der Waals surface area contributed by atoms with Crippen molar-refractivity contribution in [1.29, 1.82) is 0 Å². The number of benzene rings is 1. The summed E-state index contributed by atoms with van der Waals surface area (Å²) in [7, 11) is 0. The fourth-order valence-corrected chi connectivity index (χ4v) is 2.01. The third-order valence-corrected chi connectivity index (χ3v) is 3.08. The van der Waals surface area contributed by atoms with Gasteiger partial charge in [0.25, 0.3) is 0 Å². The summed E-state index contributed by atoms with van der Waals surface area (Å²) in [4.78, 5) is 4.83. The predicted octanol–water partition coefficient (Wildman–Crippen LogP) is 3.33. The summed E-state index contributed by atoms with van der Waals surface area (Å²) >= 11 is 5.01. The highest BCUT2D eigenvalue weighted by molar-refractivity contribution is 7.80. The topological polar surface area (TPSA) is 50.9 Å². The number of aromatic nitrogens is 1. The molecule has 0 atom stereocenters. The molecule has 19 heavy (non-hydrogen) atoms. The van der Waals surface area contributed by atoms with Crippen LogP contribution in [0.25, 0.3) is 0 Å². The number of nitrogens with two attached hydrogens (primary N) is 1. The molecule has 2 rings (SSSR count). The first-order valence-electron chi connectivity index (χ1n) is 6.23. The quantitative estimate of drug-likeness (QED) is 0.837. The Hall–Kier alpha value is -1.94. The molecule has 0 fully saturated rings. The number of anilines is 2. The summed E-state index contributed by atoms with van der Waals surface area (Å²) in [6.45, 7) is 4.06. The summed E-state index contributed by atoms with van der Waals surface area (Å²) in [5, 5.41) is 3.29. The molecule has 3 nitrogen and oxygen atoms in total. The maximum Gasteiger partial charge on any atom is 0.131 e. The number of hydrogen-bond acceptors (Lipinski definition) is 3. The molecule has 0 bridgehead atoms. The fraction of sp³-hybridized carbons (Fsp3) is 0.200. The summed E-state index contributed by atoms with van der Waals surface area (Å²) in [6.07, 6.45) is 1.01. The molecule has 1 heterocycles. The Morgan fingerprint density at radius 2 is 2.11 bits per heavy atom. The lowest BCUT2D eigenvalue weighted by atomic mass is 10.1. The fourth-order valence-electron chi connectivity index (χ4n) is 1.89. The van der Waals surface area contributed by atoms with Gasteiger partial charge in [0.15, 0.2) is 0 Å². The summed E-state index contributed by atoms with van der Waals surface area (Å²) < 4.78 is 0. The Labute approximate surface area is 118 Å². The Bertz CT molecular complexity index is 608. The standard InChI is InChI=1S/C15H17N3S/c1-3-11-5-4-6-13(8-11)18-14-9-12(15(16)19)7-10(2)17-14/h4-9H,3H2,1-2H3,(H2,16,19)(H,17,18). The van der Waals surface area contributed by atoms with Gasteiger partial charge in [-0.1, -0.05) is 31.3 Å². The molecule has 0 aliphatic heterocycles. The van der Waals surface area contributed by atoms with E-state index in [-0.39, 0.29) is 0 Å². The lowest BCUT2D eigenvalue weighted by Crippen LogP contribution is -2.10. The molecule has 0 saturated heterocycles. The van der Waals surface area contributed by atoms with Crippen LogP contribution in [0.2, 0.25) is 0 Å². The first kappa shape index (κ1) is 13.5. The zero-order valence-electron chi connectivity index (χ0n) is 11.1. The molecule has 0 aliphatic carbocycles. The zero-order valence-corrected chi connectivity index (χ0v) is 11.9. The average molecular weight is 271 g/mol. The Balaban J connectivity index is 2.29. The van der Waals surface area contributed by atoms with Gasteiger partial charge in [-0.2, -0.15) is 0 Å². The number of hydrogen-bond donors (Lipinski definition) is 2. The Morgan fingerprint density at radius 3 is 2.79 bits per heavy atom. The van der Waals surface area contributed by atoms with Gasteiger partial charge in [-0.25, -0.2) is 4.98 Å². The molecule has 0 radical (unpaired) electrons. The normalized spacial score (nSPS) is 10.2. The van der Waals surface area contributed by atoms with Gasteiger partial charge in [0.05, 0.1) is 0 Å². The lowest BCUT2D eigenvalue weighted by Gasteiger charge is -2.09. The van der Waals surface area contributed by atoms with Crippen LogP contribution in [0.5, 0.6) is 0 Å². The van der Waals surface area contributed by atoms with E-state index in [1.54, 1.807) is 0 Å². The molecule has 3 N–H and O–H groups in total. The van der Waals surface area contributed by atoms with Gasteiger partial charge in [-0.15, -0.1) is 0 Å². The van der Waals surface area contributed by atoms with Gasteiger partial charge in [0.1, 0.15) is 10.8 Å². The van der Waals surface area contributed by atoms with E-state index in [9.17, 15) is 0 Å². The minimum Gasteiger partial charge on any atom is -0.389 e. The summed E-state index contributed by atoms with van der Waals surface area (Å²) in [5.41, 5.74) is 9.69. The van der Waals surface area contributed by atoms with E-state index in [0.717, 1.165) is 29.2 Å². The molecular formula is C15H17N3S. The summed E-state index contributed by atoms with van der Waals surface area (Å²) in [5.74, 6) is 0.760. The number of aryl methyl sites for hydroxylation is 2. The molecule has 2 aromatic rings. The first-order chi connectivity index (χ1) is 9.08. The molecule has 0 unspecified atom stereocenters. The van der Waals surface area contributed by atoms with Crippen molar-refractivity contribution in [2.24, 2.45) is 5.73 Å². The van der Waals surface area contributed by atoms with Crippen molar-refractivity contribution in [3.05, 3.63) is 53.2 Å². The summed E-state index contributed by atoms with van der Waals surface area (Å²) in [6, 6.07) is 12.0. The van der Waals surface area contributed by atoms with Crippen LogP contribution in [0.1, 0.15) is 23.7 Å². The van der Waals surface area contributed by atoms with Crippen LogP contribution in [-0.2, 0) is 6.42 Å². The second kappa shape index (κ2) is 5.80. The average Bonchev–Trinajstić information content (AvgIpc) is 2.38. The van der Waals surface area contributed by atoms with Gasteiger partial charge in [-0.05, 0) is 43.2 Å². The molecule has 4 heteroatoms. The van der Waals surface area contributed by atoms with Crippen molar-refractivity contribution in [3.8, 4) is 0 Å². The molecular weight excluding hydrogens is 254 g/mol. The molecule has 98 valence electrons. The van der Waals surface area contributed by atoms with Crippen molar-refractivity contribution in [2.75, 3.05) is 5.32 Å². The van der Waals surface area contributed by atoms with Gasteiger partial charge < -0.3 is 11.1 Å². The molecule has 0 saturated carbocycles. The van der Waals surface area contributed by atoms with E-state index in [2.05, 4.69) is 29.4 Å². The van der Waals surface area contributed by atoms with E-state index in [1.807, 2.05) is 31.2 Å². The highest BCUT2D eigenvalue weighted by atomic mass is 32.1. The lowest BCUT2D eigenvalue weighted by molar-refractivity contribution is 1.14. The van der Waals surface area contributed by atoms with E-state index in [1.165, 1.54) is 5.56 Å². The van der Waals surface area contributed by atoms with Crippen molar-refractivity contribution in [3.63, 3.8) is 0 Å². The number of pyridine rings is 1. The van der Waals surface area contributed by atoms with Crippen molar-refractivity contribution >= 4 is 28.7 Å². The highest BCUT2D eigenvalue weighted by Crippen LogP contribution is 2.18. The predicted molar refractivity (Wildman–Crippen MR) is 84.0 cm³/mol. The number of nitrogens with one attached hydrogen (secondary N) is 1. The second-order valence-electron chi connectivity index (χ2n) is 4.43. The Kier molecular flexibility index (Phi) is 4.12. The van der Waals surface area contributed by atoms with Crippen LogP contribution in [-0.4, -0.2) is 9.97 Å². The Morgan fingerprint density at radius 1 is 1.32 bits per heavy atom. The van der Waals surface area contributed by atoms with Crippen LogP contribution in [0.15, 0.2) is 36.4 Å². The smallest absolute Gasteiger partial charge is 0.131 e. The van der Waals surface area contributed by atoms with E-state index < -0.39 is 0 Å². The molecule has 0 aliphatic rings. The van der Waals surface area contributed by atoms with Gasteiger partial charge in [-0.3, -0.25) is 0 Å². The minimum absolute atomic E-state index is 0.385. The number of nitrogens with zero attached hydrogens (tertiary/aromatic N) is 1. The van der Waals surface area contributed by atoms with Crippen molar-refractivity contribution in [2.45, 2.75) is 20.3 Å². The van der Waals surface area contributed by atoms with Gasteiger partial charge in [0.2, 0.25) is 0 Å². The van der Waals surface area contributed by atoms with E-state index >= 15 is 0 Å². The van der Waals surface area contributed by atoms with Crippen LogP contribution in [0.4, 0.5) is 11.5 Å². The monoisotopic (exact) mass is 271 g/mol. The molecule has 1 aromatic heterocycles. The number of rotatable bonds is 4. The van der Waals surface area contributed by atoms with E-state index in [4.69, 9.17) is 18.0 Å². The zero-order chi connectivity index (χ0) is 13.8. The van der Waals surface area contributed by atoms with Crippen LogP contribution in [0, 0.1) is 6.92 Å². The SMILES string of the molecule is CCc1cccc(Nc2cc(C(N)=S)cc(C)n2)c1. The number of thiocarbonyl (C=S) groups is 1. The van der Waals surface area contributed by atoms with Crippen LogP contribution < -0.4 is 11.1 Å². The van der Waals surface area contributed by atoms with Gasteiger partial charge in [0, 0.05) is 16.9 Å². The molecule has 0 spiro atoms. The highest BCUT2D eigenvalue weighted by Gasteiger charge is 2.03. The second-order valence-corrected chi connectivity index (χ2v) is 4.87. The van der Waals surface area contributed by atoms with Crippen molar-refractivity contribution in [1.82, 2.24) is 4.98 Å².